The molecule has 11 heteroatoms. The molecule has 0 unspecified atom stereocenters. The van der Waals surface area contributed by atoms with Gasteiger partial charge in [-0.2, -0.15) is 0 Å². The third-order valence-corrected chi connectivity index (χ3v) is 9.67. The van der Waals surface area contributed by atoms with Crippen LogP contribution < -0.4 is 19.3 Å². The third kappa shape index (κ3) is 6.64. The minimum Gasteiger partial charge on any atom is -0.493 e. The Morgan fingerprint density at radius 1 is 1.00 bits per heavy atom. The summed E-state index contributed by atoms with van der Waals surface area (Å²) >= 11 is 6.26. The lowest BCUT2D eigenvalue weighted by Gasteiger charge is -2.37. The summed E-state index contributed by atoms with van der Waals surface area (Å²) in [5.74, 6) is 3.16. The first-order valence-electron chi connectivity index (χ1n) is 16.1. The first-order valence-corrected chi connectivity index (χ1v) is 16.4. The smallest absolute Gasteiger partial charge is 0.237 e. The fourth-order valence-electron chi connectivity index (χ4n) is 7.05. The predicted molar refractivity (Wildman–Crippen MR) is 179 cm³/mol. The number of halogens is 1. The highest BCUT2D eigenvalue weighted by Gasteiger charge is 2.37. The van der Waals surface area contributed by atoms with Gasteiger partial charge in [0.05, 0.1) is 51.3 Å². The number of nitrogens with zero attached hydrogens (tertiary/aromatic N) is 6. The number of amides is 2. The van der Waals surface area contributed by atoms with Crippen LogP contribution in [0, 0.1) is 5.92 Å². The van der Waals surface area contributed by atoms with Crippen LogP contribution in [-0.4, -0.2) is 84.7 Å². The van der Waals surface area contributed by atoms with Crippen LogP contribution in [0.1, 0.15) is 62.3 Å². The van der Waals surface area contributed by atoms with Crippen LogP contribution in [-0.2, 0) is 16.0 Å². The van der Waals surface area contributed by atoms with Crippen molar-refractivity contribution in [1.29, 1.82) is 0 Å². The van der Waals surface area contributed by atoms with Crippen molar-refractivity contribution >= 4 is 35.1 Å². The van der Waals surface area contributed by atoms with E-state index in [0.717, 1.165) is 61.4 Å². The van der Waals surface area contributed by atoms with Crippen LogP contribution in [0.3, 0.4) is 0 Å². The maximum atomic E-state index is 13.8. The highest BCUT2D eigenvalue weighted by Crippen LogP contribution is 2.43. The van der Waals surface area contributed by atoms with Gasteiger partial charge in [0.15, 0.2) is 17.3 Å². The Morgan fingerprint density at radius 3 is 2.35 bits per heavy atom. The second-order valence-corrected chi connectivity index (χ2v) is 13.5. The number of rotatable bonds is 9. The summed E-state index contributed by atoms with van der Waals surface area (Å²) in [4.78, 5) is 43.4. The number of carbonyl (C=O) groups is 2. The number of ether oxygens (including phenoxy) is 2. The second-order valence-electron chi connectivity index (χ2n) is 13.0. The first-order chi connectivity index (χ1) is 22.1. The Balaban J connectivity index is 1.21. The molecule has 1 aromatic heterocycles. The number of aromatic nitrogens is 2. The number of fused-ring (bicyclic) bond motifs is 1. The van der Waals surface area contributed by atoms with Crippen molar-refractivity contribution in [3.63, 3.8) is 0 Å². The molecular weight excluding hydrogens is 604 g/mol. The molecule has 3 heterocycles. The van der Waals surface area contributed by atoms with E-state index in [9.17, 15) is 9.59 Å². The number of anilines is 2. The number of carbonyl (C=O) groups excluding carboxylic acids is 2. The monoisotopic (exact) mass is 646 g/mol. The molecule has 244 valence electrons. The Labute approximate surface area is 276 Å². The van der Waals surface area contributed by atoms with E-state index in [0.29, 0.717) is 40.8 Å². The van der Waals surface area contributed by atoms with Crippen molar-refractivity contribution in [1.82, 2.24) is 19.8 Å². The minimum absolute atomic E-state index is 0.0505. The lowest BCUT2D eigenvalue weighted by atomic mass is 9.85. The number of hydrogen-bond acceptors (Lipinski definition) is 8. The summed E-state index contributed by atoms with van der Waals surface area (Å²) in [6, 6.07) is 11.5. The molecule has 0 spiro atoms. The SMILES string of the molecule is COc1cc2c(cc1OC(C)C)[C@H](c1ccc(Cl)cc1)N(c1cnc(N(C)C[C@H]3CC[C@H](N4CC(=O)N(C)C4)CC3)cn1)C(=O)C2. The molecule has 1 saturated heterocycles. The zero-order chi connectivity index (χ0) is 32.5. The first kappa shape index (κ1) is 32.1. The molecule has 2 aliphatic heterocycles. The maximum Gasteiger partial charge on any atom is 0.237 e. The van der Waals surface area contributed by atoms with Gasteiger partial charge >= 0.3 is 0 Å². The van der Waals surface area contributed by atoms with E-state index < -0.39 is 6.04 Å². The van der Waals surface area contributed by atoms with Crippen molar-refractivity contribution in [2.24, 2.45) is 5.92 Å². The zero-order valence-corrected chi connectivity index (χ0v) is 28.0. The largest absolute Gasteiger partial charge is 0.493 e. The highest BCUT2D eigenvalue weighted by molar-refractivity contribution is 6.30. The molecule has 0 bridgehead atoms. The van der Waals surface area contributed by atoms with Gasteiger partial charge in [0.2, 0.25) is 11.8 Å². The van der Waals surface area contributed by atoms with Crippen LogP contribution in [0.5, 0.6) is 11.5 Å². The van der Waals surface area contributed by atoms with E-state index in [2.05, 4.69) is 9.80 Å². The molecule has 6 rings (SSSR count). The Hall–Kier alpha value is -3.89. The third-order valence-electron chi connectivity index (χ3n) is 9.42. The predicted octanol–water partition coefficient (Wildman–Crippen LogP) is 5.33. The van der Waals surface area contributed by atoms with Crippen LogP contribution in [0.25, 0.3) is 0 Å². The summed E-state index contributed by atoms with van der Waals surface area (Å²) in [6.07, 6.45) is 8.05. The van der Waals surface area contributed by atoms with Gasteiger partial charge in [0, 0.05) is 31.7 Å². The summed E-state index contributed by atoms with van der Waals surface area (Å²) in [7, 11) is 5.54. The topological polar surface area (TPSA) is 91.3 Å². The lowest BCUT2D eigenvalue weighted by molar-refractivity contribution is -0.125. The standard InChI is InChI=1S/C35H43ClN6O4/c1-22(2)46-30-16-28-25(14-29(30)45-5)15-33(43)42(35(28)24-8-10-26(36)11-9-24)32-18-37-31(17-38-32)39(3)19-23-6-12-27(13-7-23)41-20-34(44)40(4)21-41/h8-11,14,16-18,22-23,27,35H,6-7,12-13,15,19-21H2,1-5H3/t23-,27-,35-/m0/s1. The van der Waals surface area contributed by atoms with Crippen LogP contribution in [0.4, 0.5) is 11.6 Å². The molecule has 10 nitrogen and oxygen atoms in total. The lowest BCUT2D eigenvalue weighted by Crippen LogP contribution is -2.41. The van der Waals surface area contributed by atoms with Crippen LogP contribution in [0.2, 0.25) is 5.02 Å². The normalized spacial score (nSPS) is 21.9. The number of methoxy groups -OCH3 is 1. The van der Waals surface area contributed by atoms with Crippen molar-refractivity contribution in [2.75, 3.05) is 50.8 Å². The van der Waals surface area contributed by atoms with Crippen molar-refractivity contribution in [3.05, 3.63) is 70.5 Å². The van der Waals surface area contributed by atoms with E-state index in [1.54, 1.807) is 24.4 Å². The van der Waals surface area contributed by atoms with Gasteiger partial charge in [0.1, 0.15) is 5.82 Å². The van der Waals surface area contributed by atoms with Crippen LogP contribution in [0.15, 0.2) is 48.8 Å². The minimum atomic E-state index is -0.451. The molecule has 0 N–H and O–H groups in total. The maximum absolute atomic E-state index is 13.8. The van der Waals surface area contributed by atoms with E-state index in [4.69, 9.17) is 31.0 Å². The molecule has 3 aliphatic rings. The Morgan fingerprint density at radius 2 is 1.74 bits per heavy atom. The van der Waals surface area contributed by atoms with Gasteiger partial charge < -0.3 is 19.3 Å². The van der Waals surface area contributed by atoms with Crippen molar-refractivity contribution in [2.45, 2.75) is 64.1 Å². The molecular formula is C35H43ClN6O4. The summed E-state index contributed by atoms with van der Waals surface area (Å²) in [5.41, 5.74) is 2.74. The molecule has 3 aromatic rings. The highest BCUT2D eigenvalue weighted by atomic mass is 35.5. The van der Waals surface area contributed by atoms with Gasteiger partial charge in [-0.3, -0.25) is 19.4 Å². The van der Waals surface area contributed by atoms with Crippen LogP contribution >= 0.6 is 11.6 Å². The Kier molecular flexibility index (Phi) is 9.38. The van der Waals surface area contributed by atoms with Gasteiger partial charge in [0.25, 0.3) is 0 Å². The molecule has 2 amide bonds. The molecule has 2 aromatic carbocycles. The van der Waals surface area contributed by atoms with Gasteiger partial charge in [-0.25, -0.2) is 9.97 Å². The zero-order valence-electron chi connectivity index (χ0n) is 27.3. The Bertz CT molecular complexity index is 1560. The molecule has 46 heavy (non-hydrogen) atoms. The van der Waals surface area contributed by atoms with E-state index >= 15 is 0 Å². The molecule has 1 saturated carbocycles. The van der Waals surface area contributed by atoms with Crippen molar-refractivity contribution in [3.8, 4) is 11.5 Å². The average Bonchev–Trinajstić information content (AvgIpc) is 3.38. The van der Waals surface area contributed by atoms with E-state index in [1.807, 2.05) is 69.2 Å². The fraction of sp³-hybridized carbons (Fsp3) is 0.486. The van der Waals surface area contributed by atoms with Gasteiger partial charge in [-0.05, 0) is 86.4 Å². The molecule has 0 radical (unpaired) electrons. The average molecular weight is 647 g/mol. The number of benzene rings is 2. The van der Waals surface area contributed by atoms with Crippen molar-refractivity contribution < 1.29 is 19.1 Å². The second kappa shape index (κ2) is 13.5. The molecule has 1 aliphatic carbocycles. The summed E-state index contributed by atoms with van der Waals surface area (Å²) < 4.78 is 11.7. The summed E-state index contributed by atoms with van der Waals surface area (Å²) in [5, 5.41) is 0.621. The van der Waals surface area contributed by atoms with Gasteiger partial charge in [-0.1, -0.05) is 23.7 Å². The quantitative estimate of drug-likeness (QED) is 0.308. The number of hydrogen-bond donors (Lipinski definition) is 0. The van der Waals surface area contributed by atoms with E-state index in [1.165, 1.54) is 0 Å². The molecule has 2 fully saturated rings. The molecule has 1 atom stereocenters. The van der Waals surface area contributed by atoms with E-state index in [-0.39, 0.29) is 24.3 Å². The number of likely N-dealkylation sites (N-methyl/N-ethyl adjacent to an activating group) is 1. The fourth-order valence-corrected chi connectivity index (χ4v) is 7.17. The summed E-state index contributed by atoms with van der Waals surface area (Å²) in [6.45, 7) is 6.10. The van der Waals surface area contributed by atoms with Gasteiger partial charge in [-0.15, -0.1) is 0 Å².